The number of hydrogen-bond acceptors (Lipinski definition) is 5. The summed E-state index contributed by atoms with van der Waals surface area (Å²) in [4.78, 5) is 22.0. The van der Waals surface area contributed by atoms with Crippen LogP contribution in [0.5, 0.6) is 5.75 Å². The molecule has 2 heterocycles. The number of rotatable bonds is 6. The zero-order chi connectivity index (χ0) is 27.0. The molecule has 1 saturated heterocycles. The van der Waals surface area contributed by atoms with Gasteiger partial charge in [-0.2, -0.15) is 13.2 Å². The van der Waals surface area contributed by atoms with Gasteiger partial charge in [-0.1, -0.05) is 30.3 Å². The van der Waals surface area contributed by atoms with E-state index in [1.54, 1.807) is 32.0 Å². The molecule has 1 aromatic heterocycles. The predicted molar refractivity (Wildman–Crippen MR) is 121 cm³/mol. The van der Waals surface area contributed by atoms with Crippen molar-refractivity contribution in [3.8, 4) is 5.75 Å². The van der Waals surface area contributed by atoms with E-state index < -0.39 is 47.6 Å². The van der Waals surface area contributed by atoms with E-state index in [1.807, 2.05) is 12.1 Å². The van der Waals surface area contributed by atoms with Gasteiger partial charge in [0, 0.05) is 11.9 Å². The maximum Gasteiger partial charge on any atom is 0.573 e. The first-order chi connectivity index (χ1) is 17.2. The van der Waals surface area contributed by atoms with Gasteiger partial charge in [0.15, 0.2) is 0 Å². The monoisotopic (exact) mass is 524 g/mol. The molecule has 0 spiro atoms. The van der Waals surface area contributed by atoms with Crippen LogP contribution in [0, 0.1) is 0 Å². The summed E-state index contributed by atoms with van der Waals surface area (Å²) < 4.78 is 81.0. The predicted octanol–water partition coefficient (Wildman–Crippen LogP) is 5.77. The van der Waals surface area contributed by atoms with E-state index in [2.05, 4.69) is 20.0 Å². The highest BCUT2D eigenvalue weighted by Gasteiger charge is 2.44. The molecule has 0 saturated carbocycles. The number of alkyl halides is 6. The van der Waals surface area contributed by atoms with Gasteiger partial charge >= 0.3 is 12.5 Å². The first kappa shape index (κ1) is 26.4. The van der Waals surface area contributed by atoms with Gasteiger partial charge in [0.1, 0.15) is 5.75 Å². The van der Waals surface area contributed by atoms with Gasteiger partial charge in [-0.05, 0) is 56.2 Å². The highest BCUT2D eigenvalue weighted by Crippen LogP contribution is 2.39. The van der Waals surface area contributed by atoms with Gasteiger partial charge in [-0.3, -0.25) is 10.1 Å². The Balaban J connectivity index is 1.64. The third-order valence-corrected chi connectivity index (χ3v) is 5.92. The van der Waals surface area contributed by atoms with Crippen molar-refractivity contribution in [2.24, 2.45) is 0 Å². The van der Waals surface area contributed by atoms with Crippen molar-refractivity contribution in [3.05, 3.63) is 83.9 Å². The normalized spacial score (nSPS) is 18.8. The summed E-state index contributed by atoms with van der Waals surface area (Å²) >= 11 is 0. The van der Waals surface area contributed by atoms with Crippen LogP contribution in [0.15, 0.2) is 66.9 Å². The van der Waals surface area contributed by atoms with Crippen molar-refractivity contribution in [2.45, 2.75) is 50.4 Å². The second kappa shape index (κ2) is 9.66. The fourth-order valence-corrected chi connectivity index (χ4v) is 4.30. The minimum absolute atomic E-state index is 0.0472. The summed E-state index contributed by atoms with van der Waals surface area (Å²) in [6.45, 7) is 3.21. The minimum Gasteiger partial charge on any atom is -0.406 e. The highest BCUT2D eigenvalue weighted by molar-refractivity contribution is 6.00. The quantitative estimate of drug-likeness (QED) is 0.415. The molecule has 2 atom stereocenters. The van der Waals surface area contributed by atoms with Gasteiger partial charge in [0.2, 0.25) is 11.7 Å². The molecule has 1 fully saturated rings. The fraction of sp³-hybridized carbons (Fsp3) is 0.320. The zero-order valence-electron chi connectivity index (χ0n) is 19.6. The van der Waals surface area contributed by atoms with Crippen molar-refractivity contribution >= 4 is 11.6 Å². The van der Waals surface area contributed by atoms with Crippen LogP contribution in [0.1, 0.15) is 43.4 Å². The number of anilines is 1. The molecule has 1 aliphatic rings. The smallest absolute Gasteiger partial charge is 0.406 e. The Hall–Kier alpha value is -3.67. The molecule has 2 aromatic carbocycles. The molecule has 2 unspecified atom stereocenters. The number of amides is 1. The zero-order valence-corrected chi connectivity index (χ0v) is 19.6. The maximum atomic E-state index is 13.6. The first-order valence-corrected chi connectivity index (χ1v) is 11.2. The number of carbonyl (C=O) groups excluding carboxylic acids is 1. The summed E-state index contributed by atoms with van der Waals surface area (Å²) in [5, 5.41) is 3.12. The van der Waals surface area contributed by atoms with Crippen LogP contribution in [0.2, 0.25) is 0 Å². The Bertz CT molecular complexity index is 1250. The molecule has 3 aromatic rings. The first-order valence-electron chi connectivity index (χ1n) is 11.2. The molecular weight excluding hydrogens is 502 g/mol. The van der Waals surface area contributed by atoms with E-state index in [9.17, 15) is 31.1 Å². The van der Waals surface area contributed by atoms with Crippen LogP contribution in [0.3, 0.4) is 0 Å². The van der Waals surface area contributed by atoms with Crippen LogP contribution >= 0.6 is 0 Å². The number of nitrogens with one attached hydrogen (secondary N) is 1. The van der Waals surface area contributed by atoms with E-state index >= 15 is 0 Å². The molecule has 0 aliphatic carbocycles. The van der Waals surface area contributed by atoms with Gasteiger partial charge in [0.05, 0.1) is 23.3 Å². The summed E-state index contributed by atoms with van der Waals surface area (Å²) in [5.74, 6) is -2.11. The molecule has 0 radical (unpaired) electrons. The van der Waals surface area contributed by atoms with E-state index in [1.165, 1.54) is 23.1 Å². The molecule has 12 heteroatoms. The van der Waals surface area contributed by atoms with Crippen molar-refractivity contribution < 1.29 is 35.9 Å². The van der Waals surface area contributed by atoms with Crippen LogP contribution in [0.25, 0.3) is 0 Å². The minimum atomic E-state index is -4.86. The standard InChI is InChI=1S/C25H22F6N4O2/c1-23(2,20-12-13-32-22(33-20)24(26,27)28)34-18-14-19(15-6-4-3-5-7-15)35(21(18)36)16-8-10-17(11-9-16)37-25(29,30)31/h3-13,18-19,34H,14H2,1-2H3. The van der Waals surface area contributed by atoms with Crippen molar-refractivity contribution in [1.29, 1.82) is 0 Å². The number of hydrogen-bond donors (Lipinski definition) is 1. The molecule has 0 bridgehead atoms. The van der Waals surface area contributed by atoms with Gasteiger partial charge in [-0.15, -0.1) is 13.2 Å². The lowest BCUT2D eigenvalue weighted by molar-refractivity contribution is -0.274. The van der Waals surface area contributed by atoms with E-state index in [0.29, 0.717) is 5.69 Å². The number of nitrogens with zero attached hydrogens (tertiary/aromatic N) is 3. The topological polar surface area (TPSA) is 67.3 Å². The molecule has 1 amide bonds. The number of benzene rings is 2. The molecule has 196 valence electrons. The lowest BCUT2D eigenvalue weighted by Gasteiger charge is -2.29. The lowest BCUT2D eigenvalue weighted by atomic mass is 9.96. The molecule has 6 nitrogen and oxygen atoms in total. The molecule has 1 aliphatic heterocycles. The van der Waals surface area contributed by atoms with Crippen LogP contribution in [-0.2, 0) is 16.5 Å². The summed E-state index contributed by atoms with van der Waals surface area (Å²) in [6.07, 6.45) is -8.32. The number of halogens is 6. The Kier molecular flexibility index (Phi) is 6.89. The van der Waals surface area contributed by atoms with Crippen LogP contribution in [0.4, 0.5) is 32.0 Å². The van der Waals surface area contributed by atoms with Crippen molar-refractivity contribution in [3.63, 3.8) is 0 Å². The van der Waals surface area contributed by atoms with Gasteiger partial charge < -0.3 is 9.64 Å². The van der Waals surface area contributed by atoms with Gasteiger partial charge in [0.25, 0.3) is 0 Å². The van der Waals surface area contributed by atoms with Crippen LogP contribution in [-0.4, -0.2) is 28.3 Å². The Morgan fingerprint density at radius 3 is 2.19 bits per heavy atom. The summed E-state index contributed by atoms with van der Waals surface area (Å²) in [5.41, 5.74) is 0.0307. The van der Waals surface area contributed by atoms with Gasteiger partial charge in [-0.25, -0.2) is 9.97 Å². The molecule has 37 heavy (non-hydrogen) atoms. The average molecular weight is 524 g/mol. The second-order valence-electron chi connectivity index (χ2n) is 9.00. The van der Waals surface area contributed by atoms with E-state index in [-0.39, 0.29) is 12.1 Å². The number of aromatic nitrogens is 2. The van der Waals surface area contributed by atoms with Crippen molar-refractivity contribution in [1.82, 2.24) is 15.3 Å². The Morgan fingerprint density at radius 2 is 1.59 bits per heavy atom. The maximum absolute atomic E-state index is 13.6. The van der Waals surface area contributed by atoms with Crippen molar-refractivity contribution in [2.75, 3.05) is 4.90 Å². The van der Waals surface area contributed by atoms with Crippen LogP contribution < -0.4 is 15.0 Å². The SMILES string of the molecule is CC(C)(NC1CC(c2ccccc2)N(c2ccc(OC(F)(F)F)cc2)C1=O)c1ccnc(C(F)(F)F)n1. The van der Waals surface area contributed by atoms with E-state index in [4.69, 9.17) is 0 Å². The Morgan fingerprint density at radius 1 is 0.946 bits per heavy atom. The number of ether oxygens (including phenoxy) is 1. The average Bonchev–Trinajstić information content (AvgIpc) is 3.14. The highest BCUT2D eigenvalue weighted by atomic mass is 19.4. The fourth-order valence-electron chi connectivity index (χ4n) is 4.30. The largest absolute Gasteiger partial charge is 0.573 e. The Labute approximate surface area is 208 Å². The summed E-state index contributed by atoms with van der Waals surface area (Å²) in [6, 6.07) is 14.0. The second-order valence-corrected chi connectivity index (χ2v) is 9.00. The van der Waals surface area contributed by atoms with E-state index in [0.717, 1.165) is 23.9 Å². The molecule has 1 N–H and O–H groups in total. The third kappa shape index (κ3) is 6.01. The number of carbonyl (C=O) groups is 1. The summed E-state index contributed by atoms with van der Waals surface area (Å²) in [7, 11) is 0. The lowest BCUT2D eigenvalue weighted by Crippen LogP contribution is -2.48. The third-order valence-electron chi connectivity index (χ3n) is 5.92. The molecular formula is C25H22F6N4O2. The molecule has 4 rings (SSSR count).